The van der Waals surface area contributed by atoms with Crippen LogP contribution < -0.4 is 21.5 Å². The Morgan fingerprint density at radius 2 is 1.92 bits per heavy atom. The molecule has 0 bridgehead atoms. The number of hydrazine groups is 1. The van der Waals surface area contributed by atoms with E-state index in [9.17, 15) is 9.59 Å². The Hall–Kier alpha value is -1.90. The number of ether oxygens (including phenoxy) is 1. The van der Waals surface area contributed by atoms with Crippen LogP contribution in [0.2, 0.25) is 5.02 Å². The summed E-state index contributed by atoms with van der Waals surface area (Å²) in [5.74, 6) is -0.562. The first-order valence-corrected chi connectivity index (χ1v) is 8.09. The average Bonchev–Trinajstić information content (AvgIpc) is 2.53. The van der Waals surface area contributed by atoms with Crippen molar-refractivity contribution >= 4 is 40.7 Å². The summed E-state index contributed by atoms with van der Waals surface area (Å²) < 4.78 is 4.96. The third-order valence-corrected chi connectivity index (χ3v) is 3.33. The highest BCUT2D eigenvalue weighted by molar-refractivity contribution is 7.80. The fourth-order valence-corrected chi connectivity index (χ4v) is 2.11. The standard InChI is InChI=1S/C15H21ClN4O3S/c1-10(9-23-2)18-15(24)20-19-13(21)7-8-17-14(22)11-3-5-12(16)6-4-11/h3-6,10H,7-9H2,1-2H3,(H,17,22)(H,19,21)(H2,18,20,24)/t10-/m0/s1. The molecular formula is C15H21ClN4O3S. The summed E-state index contributed by atoms with van der Waals surface area (Å²) in [4.78, 5) is 23.5. The van der Waals surface area contributed by atoms with E-state index in [2.05, 4.69) is 21.5 Å². The molecule has 0 aromatic heterocycles. The van der Waals surface area contributed by atoms with E-state index in [1.165, 1.54) is 0 Å². The summed E-state index contributed by atoms with van der Waals surface area (Å²) in [5.41, 5.74) is 5.52. The lowest BCUT2D eigenvalue weighted by molar-refractivity contribution is -0.121. The summed E-state index contributed by atoms with van der Waals surface area (Å²) in [6.07, 6.45) is 0.114. The molecule has 9 heteroatoms. The lowest BCUT2D eigenvalue weighted by atomic mass is 10.2. The molecule has 2 amide bonds. The van der Waals surface area contributed by atoms with Crippen molar-refractivity contribution in [2.45, 2.75) is 19.4 Å². The minimum absolute atomic E-state index is 0.0190. The van der Waals surface area contributed by atoms with Crippen molar-refractivity contribution in [2.75, 3.05) is 20.3 Å². The fraction of sp³-hybridized carbons (Fsp3) is 0.400. The second kappa shape index (κ2) is 10.8. The van der Waals surface area contributed by atoms with E-state index in [-0.39, 0.29) is 35.9 Å². The molecule has 1 rings (SSSR count). The largest absolute Gasteiger partial charge is 0.383 e. The molecule has 0 aliphatic rings. The van der Waals surface area contributed by atoms with Crippen LogP contribution in [-0.2, 0) is 9.53 Å². The van der Waals surface area contributed by atoms with Crippen molar-refractivity contribution in [1.82, 2.24) is 21.5 Å². The van der Waals surface area contributed by atoms with Crippen LogP contribution in [0, 0.1) is 0 Å². The molecule has 0 spiro atoms. The van der Waals surface area contributed by atoms with Gasteiger partial charge in [-0.2, -0.15) is 0 Å². The Labute approximate surface area is 151 Å². The van der Waals surface area contributed by atoms with E-state index in [1.807, 2.05) is 6.92 Å². The Balaban J connectivity index is 2.20. The van der Waals surface area contributed by atoms with Crippen LogP contribution in [0.1, 0.15) is 23.7 Å². The molecule has 1 aromatic rings. The molecule has 4 N–H and O–H groups in total. The molecule has 1 aromatic carbocycles. The molecule has 132 valence electrons. The first-order valence-electron chi connectivity index (χ1n) is 7.30. The Morgan fingerprint density at radius 3 is 2.54 bits per heavy atom. The monoisotopic (exact) mass is 372 g/mol. The maximum atomic E-state index is 11.8. The fourth-order valence-electron chi connectivity index (χ4n) is 1.73. The zero-order valence-corrected chi connectivity index (χ0v) is 15.1. The van der Waals surface area contributed by atoms with Crippen LogP contribution in [0.15, 0.2) is 24.3 Å². The number of methoxy groups -OCH3 is 1. The van der Waals surface area contributed by atoms with Crippen LogP contribution in [0.5, 0.6) is 0 Å². The zero-order chi connectivity index (χ0) is 17.9. The van der Waals surface area contributed by atoms with Gasteiger partial charge in [0, 0.05) is 36.7 Å². The van der Waals surface area contributed by atoms with Gasteiger partial charge in [0.25, 0.3) is 5.91 Å². The van der Waals surface area contributed by atoms with Gasteiger partial charge in [-0.15, -0.1) is 0 Å². The number of halogens is 1. The smallest absolute Gasteiger partial charge is 0.251 e. The van der Waals surface area contributed by atoms with Crippen LogP contribution in [0.3, 0.4) is 0 Å². The second-order valence-corrected chi connectivity index (χ2v) is 5.86. The van der Waals surface area contributed by atoms with Gasteiger partial charge in [-0.3, -0.25) is 20.4 Å². The van der Waals surface area contributed by atoms with Gasteiger partial charge in [0.05, 0.1) is 6.61 Å². The molecule has 0 unspecified atom stereocenters. The molecular weight excluding hydrogens is 352 g/mol. The van der Waals surface area contributed by atoms with Crippen molar-refractivity contribution in [2.24, 2.45) is 0 Å². The van der Waals surface area contributed by atoms with E-state index in [0.717, 1.165) is 0 Å². The van der Waals surface area contributed by atoms with Crippen LogP contribution in [0.4, 0.5) is 0 Å². The summed E-state index contributed by atoms with van der Waals surface area (Å²) in [6, 6.07) is 6.51. The predicted octanol–water partition coefficient (Wildman–Crippen LogP) is 0.990. The normalized spacial score (nSPS) is 11.3. The maximum Gasteiger partial charge on any atom is 0.251 e. The maximum absolute atomic E-state index is 11.8. The summed E-state index contributed by atoms with van der Waals surface area (Å²) in [6.45, 7) is 2.59. The number of benzene rings is 1. The van der Waals surface area contributed by atoms with Crippen molar-refractivity contribution in [3.63, 3.8) is 0 Å². The van der Waals surface area contributed by atoms with Gasteiger partial charge in [0.2, 0.25) is 5.91 Å². The van der Waals surface area contributed by atoms with Crippen molar-refractivity contribution in [3.05, 3.63) is 34.9 Å². The number of nitrogens with one attached hydrogen (secondary N) is 4. The van der Waals surface area contributed by atoms with Gasteiger partial charge in [0.1, 0.15) is 0 Å². The Morgan fingerprint density at radius 1 is 1.25 bits per heavy atom. The van der Waals surface area contributed by atoms with Crippen molar-refractivity contribution in [3.8, 4) is 0 Å². The molecule has 0 radical (unpaired) electrons. The van der Waals surface area contributed by atoms with Gasteiger partial charge in [-0.1, -0.05) is 11.6 Å². The number of hydrogen-bond donors (Lipinski definition) is 4. The SMILES string of the molecule is COC[C@H](C)NC(=S)NNC(=O)CCNC(=O)c1ccc(Cl)cc1. The van der Waals surface area contributed by atoms with E-state index in [1.54, 1.807) is 31.4 Å². The first kappa shape index (κ1) is 20.1. The third kappa shape index (κ3) is 8.09. The number of rotatable bonds is 7. The first-order chi connectivity index (χ1) is 11.4. The number of thiocarbonyl (C=S) groups is 1. The van der Waals surface area contributed by atoms with Gasteiger partial charge in [-0.05, 0) is 43.4 Å². The molecule has 0 heterocycles. The predicted molar refractivity (Wildman–Crippen MR) is 96.8 cm³/mol. The Bertz CT molecular complexity index is 568. The highest BCUT2D eigenvalue weighted by Crippen LogP contribution is 2.09. The molecule has 0 aliphatic heterocycles. The van der Waals surface area contributed by atoms with Gasteiger partial charge in [0.15, 0.2) is 5.11 Å². The number of hydrogen-bond acceptors (Lipinski definition) is 4. The molecule has 0 fully saturated rings. The summed E-state index contributed by atoms with van der Waals surface area (Å²) in [7, 11) is 1.59. The number of carbonyl (C=O) groups excluding carboxylic acids is 2. The summed E-state index contributed by atoms with van der Waals surface area (Å²) >= 11 is 10.8. The van der Waals surface area contributed by atoms with E-state index in [0.29, 0.717) is 17.2 Å². The van der Waals surface area contributed by atoms with Crippen molar-refractivity contribution in [1.29, 1.82) is 0 Å². The van der Waals surface area contributed by atoms with Crippen LogP contribution in [-0.4, -0.2) is 43.2 Å². The quantitative estimate of drug-likeness (QED) is 0.421. The van der Waals surface area contributed by atoms with E-state index < -0.39 is 0 Å². The highest BCUT2D eigenvalue weighted by Gasteiger charge is 2.08. The van der Waals surface area contributed by atoms with Crippen LogP contribution in [0.25, 0.3) is 0 Å². The molecule has 0 saturated heterocycles. The van der Waals surface area contributed by atoms with Gasteiger partial charge in [-0.25, -0.2) is 0 Å². The third-order valence-electron chi connectivity index (χ3n) is 2.85. The summed E-state index contributed by atoms with van der Waals surface area (Å²) in [5, 5.41) is 6.43. The molecule has 24 heavy (non-hydrogen) atoms. The highest BCUT2D eigenvalue weighted by atomic mass is 35.5. The lowest BCUT2D eigenvalue weighted by Crippen LogP contribution is -2.50. The molecule has 0 saturated carbocycles. The van der Waals surface area contributed by atoms with Crippen molar-refractivity contribution < 1.29 is 14.3 Å². The topological polar surface area (TPSA) is 91.5 Å². The molecule has 1 atom stereocenters. The minimum Gasteiger partial charge on any atom is -0.383 e. The Kier molecular flexibility index (Phi) is 9.06. The number of amides is 2. The minimum atomic E-state index is -0.296. The number of carbonyl (C=O) groups is 2. The van der Waals surface area contributed by atoms with Crippen LogP contribution >= 0.6 is 23.8 Å². The van der Waals surface area contributed by atoms with Gasteiger partial charge >= 0.3 is 0 Å². The zero-order valence-electron chi connectivity index (χ0n) is 13.5. The molecule has 7 nitrogen and oxygen atoms in total. The van der Waals surface area contributed by atoms with E-state index >= 15 is 0 Å². The average molecular weight is 373 g/mol. The lowest BCUT2D eigenvalue weighted by Gasteiger charge is -2.16. The second-order valence-electron chi connectivity index (χ2n) is 5.02. The molecule has 0 aliphatic carbocycles. The van der Waals surface area contributed by atoms with Gasteiger partial charge < -0.3 is 15.4 Å². The van der Waals surface area contributed by atoms with E-state index in [4.69, 9.17) is 28.6 Å².